The molecular formula is C37H43N3O11. The van der Waals surface area contributed by atoms with Crippen molar-refractivity contribution in [2.24, 2.45) is 5.92 Å². The zero-order chi connectivity index (χ0) is 36.9. The highest BCUT2D eigenvalue weighted by molar-refractivity contribution is 6.07. The third-order valence-corrected chi connectivity index (χ3v) is 9.20. The minimum absolute atomic E-state index is 0.00599. The van der Waals surface area contributed by atoms with Gasteiger partial charge in [0.1, 0.15) is 24.1 Å². The van der Waals surface area contributed by atoms with Gasteiger partial charge in [-0.1, -0.05) is 61.5 Å². The summed E-state index contributed by atoms with van der Waals surface area (Å²) in [5.74, 6) is -1.98. The van der Waals surface area contributed by atoms with Gasteiger partial charge in [0.15, 0.2) is 18.0 Å². The van der Waals surface area contributed by atoms with E-state index in [0.29, 0.717) is 34.8 Å². The van der Waals surface area contributed by atoms with Gasteiger partial charge in [-0.25, -0.2) is 0 Å². The molecule has 0 unspecified atom stereocenters. The highest BCUT2D eigenvalue weighted by Gasteiger charge is 2.53. The standard InChI is InChI=1S/C37H43N3O11/c1-22(7-6-10-29(42)39(17-18-41)20-23-8-4-3-5-9-23)37(49)27-19-26(50-2)15-16-28(27)40(36(37)48)21-24-11-13-25(14-12-24)38-34(46)33-31(44)30(43)32(45)35(47)51-33/h3-9,11-16,19,22,30-33,35,41,43-45,47,49H,10,17-18,20-21H2,1-2H3,(H,38,46)/b7-6+/t22-,30+,31+,32-,33+,35-,37+/m1/s1. The normalized spacial score (nSPS) is 25.1. The fourth-order valence-corrected chi connectivity index (χ4v) is 6.24. The number of nitrogens with zero attached hydrogens (tertiary/aromatic N) is 2. The number of aliphatic hydroxyl groups excluding tert-OH is 5. The van der Waals surface area contributed by atoms with E-state index in [0.717, 1.165) is 5.56 Å². The van der Waals surface area contributed by atoms with E-state index in [4.69, 9.17) is 9.47 Å². The van der Waals surface area contributed by atoms with Gasteiger partial charge in [-0.15, -0.1) is 0 Å². The average molecular weight is 706 g/mol. The van der Waals surface area contributed by atoms with Crippen LogP contribution in [-0.4, -0.2) is 104 Å². The summed E-state index contributed by atoms with van der Waals surface area (Å²) < 4.78 is 10.4. The van der Waals surface area contributed by atoms with Gasteiger partial charge in [0.2, 0.25) is 5.91 Å². The summed E-state index contributed by atoms with van der Waals surface area (Å²) in [5, 5.41) is 63.6. The number of fused-ring (bicyclic) bond motifs is 1. The number of ether oxygens (including phenoxy) is 2. The Bertz CT molecular complexity index is 1720. The molecule has 272 valence electrons. The second-order valence-corrected chi connectivity index (χ2v) is 12.6. The number of anilines is 2. The van der Waals surface area contributed by atoms with E-state index >= 15 is 0 Å². The van der Waals surface area contributed by atoms with Crippen LogP contribution in [-0.2, 0) is 37.8 Å². The zero-order valence-corrected chi connectivity index (χ0v) is 28.2. The summed E-state index contributed by atoms with van der Waals surface area (Å²) in [6.45, 7) is 2.04. The number of amides is 3. The Labute approximate surface area is 294 Å². The lowest BCUT2D eigenvalue weighted by molar-refractivity contribution is -0.274. The van der Waals surface area contributed by atoms with E-state index in [1.165, 1.54) is 12.0 Å². The molecule has 3 aromatic rings. The molecule has 14 nitrogen and oxygen atoms in total. The van der Waals surface area contributed by atoms with Crippen LogP contribution in [0, 0.1) is 5.92 Å². The van der Waals surface area contributed by atoms with Gasteiger partial charge in [0.25, 0.3) is 11.8 Å². The maximum absolute atomic E-state index is 14.1. The molecule has 0 aromatic heterocycles. The first-order valence-corrected chi connectivity index (χ1v) is 16.5. The van der Waals surface area contributed by atoms with Gasteiger partial charge in [0.05, 0.1) is 25.9 Å². The van der Waals surface area contributed by atoms with Crippen molar-refractivity contribution in [2.45, 2.75) is 62.7 Å². The van der Waals surface area contributed by atoms with Crippen LogP contribution in [0.3, 0.4) is 0 Å². The molecule has 3 amide bonds. The number of nitrogens with one attached hydrogen (secondary N) is 1. The van der Waals surface area contributed by atoms with Crippen molar-refractivity contribution in [3.05, 3.63) is 102 Å². The molecule has 0 spiro atoms. The van der Waals surface area contributed by atoms with Crippen LogP contribution in [0.1, 0.15) is 30.0 Å². The van der Waals surface area contributed by atoms with Crippen LogP contribution >= 0.6 is 0 Å². The lowest BCUT2D eigenvalue weighted by Gasteiger charge is -2.37. The molecule has 1 saturated heterocycles. The molecule has 1 fully saturated rings. The summed E-state index contributed by atoms with van der Waals surface area (Å²) in [6.07, 6.45) is -5.62. The van der Waals surface area contributed by atoms with E-state index in [1.54, 1.807) is 66.4 Å². The van der Waals surface area contributed by atoms with Crippen molar-refractivity contribution in [3.8, 4) is 5.75 Å². The minimum Gasteiger partial charge on any atom is -0.497 e. The molecule has 51 heavy (non-hydrogen) atoms. The Morgan fingerprint density at radius 1 is 1.00 bits per heavy atom. The van der Waals surface area contributed by atoms with Crippen LogP contribution < -0.4 is 15.0 Å². The smallest absolute Gasteiger partial charge is 0.264 e. The predicted molar refractivity (Wildman–Crippen MR) is 184 cm³/mol. The van der Waals surface area contributed by atoms with E-state index in [-0.39, 0.29) is 32.0 Å². The first-order valence-electron chi connectivity index (χ1n) is 16.5. The predicted octanol–water partition coefficient (Wildman–Crippen LogP) is 0.772. The largest absolute Gasteiger partial charge is 0.497 e. The third kappa shape index (κ3) is 7.97. The fraction of sp³-hybridized carbons (Fsp3) is 0.378. The van der Waals surface area contributed by atoms with Crippen molar-refractivity contribution >= 4 is 29.1 Å². The molecule has 5 rings (SSSR count). The van der Waals surface area contributed by atoms with Crippen molar-refractivity contribution < 1.29 is 54.5 Å². The molecule has 2 heterocycles. The van der Waals surface area contributed by atoms with Crippen molar-refractivity contribution in [1.29, 1.82) is 0 Å². The number of rotatable bonds is 13. The first-order chi connectivity index (χ1) is 24.4. The Balaban J connectivity index is 1.29. The molecule has 7 atom stereocenters. The van der Waals surface area contributed by atoms with Gasteiger partial charge in [0, 0.05) is 36.7 Å². The van der Waals surface area contributed by atoms with Gasteiger partial charge < -0.3 is 55.2 Å². The molecule has 2 aliphatic rings. The van der Waals surface area contributed by atoms with Crippen molar-refractivity contribution in [1.82, 2.24) is 4.90 Å². The molecular weight excluding hydrogens is 662 g/mol. The summed E-state index contributed by atoms with van der Waals surface area (Å²) >= 11 is 0. The van der Waals surface area contributed by atoms with Crippen molar-refractivity contribution in [2.75, 3.05) is 30.5 Å². The van der Waals surface area contributed by atoms with Crippen molar-refractivity contribution in [3.63, 3.8) is 0 Å². The third-order valence-electron chi connectivity index (χ3n) is 9.20. The second-order valence-electron chi connectivity index (χ2n) is 12.6. The Morgan fingerprint density at radius 3 is 2.37 bits per heavy atom. The van der Waals surface area contributed by atoms with Gasteiger partial charge in [-0.3, -0.25) is 14.4 Å². The van der Waals surface area contributed by atoms with Crippen LogP contribution in [0.15, 0.2) is 84.9 Å². The molecule has 7 N–H and O–H groups in total. The Hall–Kier alpha value is -4.67. The van der Waals surface area contributed by atoms with Crippen LogP contribution in [0.2, 0.25) is 0 Å². The average Bonchev–Trinajstić information content (AvgIpc) is 3.34. The first kappa shape index (κ1) is 37.6. The number of carbonyl (C=O) groups excluding carboxylic acids is 3. The van der Waals surface area contributed by atoms with Crippen LogP contribution in [0.4, 0.5) is 11.4 Å². The van der Waals surface area contributed by atoms with E-state index < -0.39 is 54.0 Å². The van der Waals surface area contributed by atoms with E-state index in [2.05, 4.69) is 5.32 Å². The van der Waals surface area contributed by atoms with Gasteiger partial charge in [-0.2, -0.15) is 0 Å². The summed E-state index contributed by atoms with van der Waals surface area (Å²) in [6, 6.07) is 20.8. The summed E-state index contributed by atoms with van der Waals surface area (Å²) in [7, 11) is 1.48. The van der Waals surface area contributed by atoms with Crippen LogP contribution in [0.25, 0.3) is 0 Å². The fourth-order valence-electron chi connectivity index (χ4n) is 6.24. The number of aliphatic hydroxyl groups is 6. The maximum Gasteiger partial charge on any atom is 0.264 e. The molecule has 14 heteroatoms. The number of carbonyl (C=O) groups is 3. The number of hydrogen-bond donors (Lipinski definition) is 7. The Kier molecular flexibility index (Phi) is 11.9. The topological polar surface area (TPSA) is 210 Å². The van der Waals surface area contributed by atoms with Gasteiger partial charge >= 0.3 is 0 Å². The van der Waals surface area contributed by atoms with E-state index in [9.17, 15) is 45.0 Å². The molecule has 0 saturated carbocycles. The molecule has 0 radical (unpaired) electrons. The van der Waals surface area contributed by atoms with Gasteiger partial charge in [-0.05, 0) is 41.5 Å². The summed E-state index contributed by atoms with van der Waals surface area (Å²) in [5.41, 5.74) is 0.674. The van der Waals surface area contributed by atoms with Crippen LogP contribution in [0.5, 0.6) is 5.75 Å². The highest BCUT2D eigenvalue weighted by atomic mass is 16.6. The summed E-state index contributed by atoms with van der Waals surface area (Å²) in [4.78, 5) is 42.9. The lowest BCUT2D eigenvalue weighted by Crippen LogP contribution is -2.60. The van der Waals surface area contributed by atoms with E-state index in [1.807, 2.05) is 30.3 Å². The molecule has 3 aromatic carbocycles. The zero-order valence-electron chi connectivity index (χ0n) is 28.2. The molecule has 0 aliphatic carbocycles. The number of hydrogen-bond acceptors (Lipinski definition) is 11. The Morgan fingerprint density at radius 2 is 1.71 bits per heavy atom. The molecule has 2 aliphatic heterocycles. The maximum atomic E-state index is 14.1. The lowest BCUT2D eigenvalue weighted by atomic mass is 9.83. The second kappa shape index (κ2) is 16.1. The monoisotopic (exact) mass is 705 g/mol. The highest BCUT2D eigenvalue weighted by Crippen LogP contribution is 2.47. The quantitative estimate of drug-likeness (QED) is 0.124. The number of benzene rings is 3. The molecule has 0 bridgehead atoms. The SMILES string of the molecule is COc1ccc2c(c1)[C@@](O)([C@H](C)/C=C/CC(=O)N(CCO)Cc1ccccc1)C(=O)N2Cc1ccc(NC(=O)[C@H]2O[C@@H](O)[C@H](O)[C@@H](O)[C@@H]2O)cc1. The minimum atomic E-state index is -1.99. The number of methoxy groups -OCH3 is 1.